The molecule has 0 heterocycles. The number of hydrogen-bond donors (Lipinski definition) is 2. The predicted molar refractivity (Wildman–Crippen MR) is 131 cm³/mol. The van der Waals surface area contributed by atoms with E-state index in [4.69, 9.17) is 16.3 Å². The molecule has 4 atom stereocenters. The number of anilines is 1. The summed E-state index contributed by atoms with van der Waals surface area (Å²) in [6.07, 6.45) is 0.990. The van der Waals surface area contributed by atoms with Crippen LogP contribution in [0.3, 0.4) is 0 Å². The van der Waals surface area contributed by atoms with Gasteiger partial charge in [0.15, 0.2) is 5.60 Å². The van der Waals surface area contributed by atoms with Crippen molar-refractivity contribution >= 4 is 35.1 Å². The summed E-state index contributed by atoms with van der Waals surface area (Å²) in [7, 11) is 0. The van der Waals surface area contributed by atoms with E-state index in [1.807, 2.05) is 31.2 Å². The number of carbonyl (C=O) groups is 3. The molecule has 0 aliphatic heterocycles. The highest BCUT2D eigenvalue weighted by atomic mass is 35.5. The van der Waals surface area contributed by atoms with E-state index in [2.05, 4.69) is 11.9 Å². The molecule has 176 valence electrons. The van der Waals surface area contributed by atoms with E-state index in [-0.39, 0.29) is 0 Å². The highest BCUT2D eigenvalue weighted by Crippen LogP contribution is 2.62. The SMILES string of the molecule is C=CC(=O)OC12c3ccccc3C(c3ccc(Cl)cc31)C(C(=O)Nc1ccccc1C)C2C(=O)O. The summed E-state index contributed by atoms with van der Waals surface area (Å²) in [6.45, 7) is 5.35. The van der Waals surface area contributed by atoms with Gasteiger partial charge in [-0.25, -0.2) is 4.79 Å². The Morgan fingerprint density at radius 3 is 2.43 bits per heavy atom. The van der Waals surface area contributed by atoms with Crippen molar-refractivity contribution in [2.24, 2.45) is 11.8 Å². The van der Waals surface area contributed by atoms with Crippen molar-refractivity contribution in [3.8, 4) is 0 Å². The fraction of sp³-hybridized carbons (Fsp3) is 0.179. The summed E-state index contributed by atoms with van der Waals surface area (Å²) in [5.41, 5.74) is 2.10. The van der Waals surface area contributed by atoms with Crippen molar-refractivity contribution in [2.45, 2.75) is 18.4 Å². The quantitative estimate of drug-likeness (QED) is 0.388. The Balaban J connectivity index is 1.79. The zero-order chi connectivity index (χ0) is 24.9. The predicted octanol–water partition coefficient (Wildman–Crippen LogP) is 5.04. The minimum atomic E-state index is -1.77. The molecule has 0 radical (unpaired) electrons. The van der Waals surface area contributed by atoms with Gasteiger partial charge >= 0.3 is 11.9 Å². The first kappa shape index (κ1) is 22.9. The van der Waals surface area contributed by atoms with E-state index >= 15 is 0 Å². The molecule has 0 fully saturated rings. The molecule has 3 aromatic carbocycles. The fourth-order valence-corrected chi connectivity index (χ4v) is 5.81. The molecule has 0 saturated heterocycles. The lowest BCUT2D eigenvalue weighted by atomic mass is 9.51. The molecule has 3 aliphatic rings. The molecule has 2 bridgehead atoms. The molecule has 3 aromatic rings. The molecule has 0 aromatic heterocycles. The second kappa shape index (κ2) is 8.40. The van der Waals surface area contributed by atoms with Crippen LogP contribution in [-0.2, 0) is 24.7 Å². The summed E-state index contributed by atoms with van der Waals surface area (Å²) < 4.78 is 5.97. The number of fused-ring (bicyclic) bond motifs is 1. The lowest BCUT2D eigenvalue weighted by Gasteiger charge is -2.54. The van der Waals surface area contributed by atoms with Crippen LogP contribution < -0.4 is 5.32 Å². The van der Waals surface area contributed by atoms with Gasteiger partial charge in [-0.3, -0.25) is 9.59 Å². The molecule has 4 unspecified atom stereocenters. The van der Waals surface area contributed by atoms with Crippen LogP contribution in [0.25, 0.3) is 0 Å². The monoisotopic (exact) mass is 487 g/mol. The van der Waals surface area contributed by atoms with Crippen LogP contribution in [0.5, 0.6) is 0 Å². The number of carboxylic acids is 1. The Labute approximate surface area is 207 Å². The molecule has 2 N–H and O–H groups in total. The second-order valence-corrected chi connectivity index (χ2v) is 9.24. The number of aryl methyl sites for hydroxylation is 1. The topological polar surface area (TPSA) is 92.7 Å². The second-order valence-electron chi connectivity index (χ2n) is 8.80. The maximum Gasteiger partial charge on any atom is 0.331 e. The van der Waals surface area contributed by atoms with Crippen LogP contribution in [0.2, 0.25) is 5.02 Å². The van der Waals surface area contributed by atoms with Crippen molar-refractivity contribution in [3.63, 3.8) is 0 Å². The van der Waals surface area contributed by atoms with E-state index in [9.17, 15) is 19.5 Å². The number of nitrogens with one attached hydrogen (secondary N) is 1. The number of carbonyl (C=O) groups excluding carboxylic acids is 2. The molecule has 35 heavy (non-hydrogen) atoms. The molecule has 7 heteroatoms. The molecule has 3 aliphatic carbocycles. The van der Waals surface area contributed by atoms with Gasteiger partial charge in [0.25, 0.3) is 0 Å². The van der Waals surface area contributed by atoms with Gasteiger partial charge in [-0.05, 0) is 41.8 Å². The van der Waals surface area contributed by atoms with Crippen LogP contribution in [0, 0.1) is 18.8 Å². The average molecular weight is 488 g/mol. The largest absolute Gasteiger partial charge is 0.481 e. The summed E-state index contributed by atoms with van der Waals surface area (Å²) in [6, 6.07) is 19.5. The highest BCUT2D eigenvalue weighted by Gasteiger charge is 2.66. The average Bonchev–Trinajstić information content (AvgIpc) is 2.85. The number of rotatable bonds is 5. The summed E-state index contributed by atoms with van der Waals surface area (Å²) in [5.74, 6) is -5.55. The van der Waals surface area contributed by atoms with Crippen LogP contribution in [0.15, 0.2) is 79.4 Å². The summed E-state index contributed by atoms with van der Waals surface area (Å²) >= 11 is 6.34. The zero-order valence-corrected chi connectivity index (χ0v) is 19.6. The first-order valence-electron chi connectivity index (χ1n) is 11.1. The highest BCUT2D eigenvalue weighted by molar-refractivity contribution is 6.30. The number of esters is 1. The van der Waals surface area contributed by atoms with Gasteiger partial charge in [-0.15, -0.1) is 0 Å². The van der Waals surface area contributed by atoms with E-state index in [0.29, 0.717) is 27.4 Å². The Kier molecular flexibility index (Phi) is 5.49. The number of aliphatic carboxylic acids is 1. The molecular formula is C28H22ClNO5. The molecule has 1 amide bonds. The molecule has 6 nitrogen and oxygen atoms in total. The van der Waals surface area contributed by atoms with Crippen molar-refractivity contribution in [1.29, 1.82) is 0 Å². The van der Waals surface area contributed by atoms with Crippen molar-refractivity contribution < 1.29 is 24.2 Å². The summed E-state index contributed by atoms with van der Waals surface area (Å²) in [5, 5.41) is 13.8. The maximum atomic E-state index is 13.8. The third-order valence-electron chi connectivity index (χ3n) is 7.00. The number of amides is 1. The summed E-state index contributed by atoms with van der Waals surface area (Å²) in [4.78, 5) is 39.5. The van der Waals surface area contributed by atoms with Gasteiger partial charge in [-0.1, -0.05) is 66.7 Å². The third kappa shape index (κ3) is 3.36. The normalized spacial score (nSPS) is 23.5. The number of halogens is 1. The van der Waals surface area contributed by atoms with E-state index < -0.39 is 41.2 Å². The van der Waals surface area contributed by atoms with Gasteiger partial charge in [-0.2, -0.15) is 0 Å². The first-order valence-corrected chi connectivity index (χ1v) is 11.5. The minimum absolute atomic E-state index is 0.368. The smallest absolute Gasteiger partial charge is 0.331 e. The van der Waals surface area contributed by atoms with Crippen molar-refractivity contribution in [3.05, 3.63) is 112 Å². The molecule has 0 saturated carbocycles. The van der Waals surface area contributed by atoms with Gasteiger partial charge in [0.05, 0.1) is 5.92 Å². The molecule has 0 spiro atoms. The Morgan fingerprint density at radius 2 is 1.71 bits per heavy atom. The van der Waals surface area contributed by atoms with Gasteiger partial charge < -0.3 is 15.2 Å². The van der Waals surface area contributed by atoms with Crippen LogP contribution in [-0.4, -0.2) is 23.0 Å². The Bertz CT molecular complexity index is 1400. The fourth-order valence-electron chi connectivity index (χ4n) is 5.64. The number of para-hydroxylation sites is 1. The number of ether oxygens (including phenoxy) is 1. The van der Waals surface area contributed by atoms with Gasteiger partial charge in [0.1, 0.15) is 5.92 Å². The zero-order valence-electron chi connectivity index (χ0n) is 18.8. The van der Waals surface area contributed by atoms with Gasteiger partial charge in [0, 0.05) is 33.8 Å². The lowest BCUT2D eigenvalue weighted by molar-refractivity contribution is -0.176. The molecule has 6 rings (SSSR count). The standard InChI is InChI=1S/C28H22ClNO5/c1-3-22(31)35-28-19-10-6-5-9-17(19)23(18-13-12-16(29)14-20(18)28)24(25(28)27(33)34)26(32)30-21-11-7-4-8-15(21)2/h3-14,23-25H,1H2,2H3,(H,30,32)(H,33,34). The van der Waals surface area contributed by atoms with Crippen LogP contribution >= 0.6 is 11.6 Å². The first-order chi connectivity index (χ1) is 16.8. The number of benzene rings is 3. The van der Waals surface area contributed by atoms with Crippen molar-refractivity contribution in [1.82, 2.24) is 0 Å². The lowest BCUT2D eigenvalue weighted by Crippen LogP contribution is -2.59. The minimum Gasteiger partial charge on any atom is -0.481 e. The number of hydrogen-bond acceptors (Lipinski definition) is 4. The Morgan fingerprint density at radius 1 is 1.03 bits per heavy atom. The maximum absolute atomic E-state index is 13.8. The van der Waals surface area contributed by atoms with E-state index in [1.54, 1.807) is 42.5 Å². The number of carboxylic acid groups (broad SMARTS) is 1. The van der Waals surface area contributed by atoms with E-state index in [0.717, 1.165) is 17.2 Å². The van der Waals surface area contributed by atoms with E-state index in [1.165, 1.54) is 0 Å². The van der Waals surface area contributed by atoms with Crippen LogP contribution in [0.4, 0.5) is 5.69 Å². The molecular weight excluding hydrogens is 466 g/mol. The Hall–Kier alpha value is -3.90. The van der Waals surface area contributed by atoms with Gasteiger partial charge in [0.2, 0.25) is 5.91 Å². The van der Waals surface area contributed by atoms with Crippen molar-refractivity contribution in [2.75, 3.05) is 5.32 Å². The third-order valence-corrected chi connectivity index (χ3v) is 7.24. The van der Waals surface area contributed by atoms with Crippen LogP contribution in [0.1, 0.15) is 33.7 Å².